The van der Waals surface area contributed by atoms with Gasteiger partial charge >= 0.3 is 266 Å². The van der Waals surface area contributed by atoms with Crippen molar-refractivity contribution in [3.8, 4) is 0 Å². The van der Waals surface area contributed by atoms with Crippen molar-refractivity contribution in [2.24, 2.45) is 0 Å². The van der Waals surface area contributed by atoms with E-state index in [2.05, 4.69) is 29.3 Å². The van der Waals surface area contributed by atoms with Gasteiger partial charge < -0.3 is 132 Å². The topological polar surface area (TPSA) is 702 Å². The van der Waals surface area contributed by atoms with Crippen molar-refractivity contribution >= 4 is 84.7 Å². The third-order valence-electron chi connectivity index (χ3n) is 14.1. The molecular weight excluding hydrogens is 1670 g/mol. The van der Waals surface area contributed by atoms with Gasteiger partial charge in [0, 0.05) is 49.8 Å². The maximum absolute atomic E-state index is 13.5. The molecule has 0 radical (unpaired) electrons. The van der Waals surface area contributed by atoms with Crippen LogP contribution in [0.5, 0.6) is 0 Å². The van der Waals surface area contributed by atoms with Crippen molar-refractivity contribution in [1.29, 1.82) is 0 Å². The summed E-state index contributed by atoms with van der Waals surface area (Å²) < 4.78 is 378. The monoisotopic (exact) mass is 1720 g/mol. The molecule has 0 unspecified atom stereocenters. The number of hydrogen-bond acceptors (Lipinski definition) is 49. The fourth-order valence-corrected chi connectivity index (χ4v) is 13.4. The second-order valence-electron chi connectivity index (χ2n) is 19.6. The van der Waals surface area contributed by atoms with Crippen LogP contribution in [0.3, 0.4) is 0 Å². The number of carbonyl (C=O) groups excluding carboxylic acids is 2. The number of carboxylic acids is 2. The Morgan fingerprint density at radius 1 is 0.350 bits per heavy atom. The average Bonchev–Trinajstić information content (AvgIpc) is 0.719. The third kappa shape index (κ3) is 32.8. The predicted molar refractivity (Wildman–Crippen MR) is 259 cm³/mol. The molecule has 7 saturated heterocycles. The van der Waals surface area contributed by atoms with Crippen molar-refractivity contribution in [2.75, 3.05) is 76.2 Å². The van der Waals surface area contributed by atoms with Gasteiger partial charge in [-0.25, -0.2) is 58.9 Å². The quantitative estimate of drug-likeness (QED) is 0.0328. The summed E-state index contributed by atoms with van der Waals surface area (Å²) in [7, 11) is -36.6. The van der Waals surface area contributed by atoms with Gasteiger partial charge in [-0.15, -0.1) is 0 Å². The summed E-state index contributed by atoms with van der Waals surface area (Å²) in [5, 5.41) is 26.6. The first kappa shape index (κ1) is 116. The van der Waals surface area contributed by atoms with Gasteiger partial charge in [-0.3, -0.25) is 29.3 Å². The fourth-order valence-electron chi connectivity index (χ4n) is 10.6. The molecule has 7 aliphatic rings. The SMILES string of the molecule is CO[C@H]1O[C@H](COS(=O)(=O)[O-])[C@@H](O[C@@H]2O[C@@]3(C(=O)[O-])CO[C@H]2[C@@H](OC)[C@@H]3O[C@H]2O[C@H](COS(=O)(=O)[O-])[C@@H](O[C@@H]3O[C@H](C(=O)[O-])[C@@H](O[C@H]4O[C@H](COS(=O)(=O)[O-])[C@@H](OC)[C@H](OC)[C@H]4OC)[C@H](OC)[C@H]3OC)[C@H](OS(=O)(=O)[O-])[C@H]2OS(=O)(=O)[O-])[C@H](OS(=O)(=O)[O-])[C@H]1OS(=O)(=O)[O-].[Na+].[Na+].[Na+].[Na+].[Na+].[Na+].[Na+].[Na+].[Na+]. The second-order valence-corrected chi connectivity index (χ2v) is 26.8. The fraction of sp³-hybridized carbons (Fsp3) is 0.947. The van der Waals surface area contributed by atoms with E-state index in [1.165, 1.54) is 0 Å². The molecular formula is C38H53Na9O49S7. The van der Waals surface area contributed by atoms with Crippen LogP contribution in [0.4, 0.5) is 0 Å². The largest absolute Gasteiger partial charge is 1.00 e. The normalized spacial score (nSPS) is 35.5. The molecule has 0 amide bonds. The number of fused-ring (bicyclic) bond motifs is 3. The summed E-state index contributed by atoms with van der Waals surface area (Å²) in [4.78, 5) is 26.6. The van der Waals surface area contributed by atoms with E-state index in [4.69, 9.17) is 80.5 Å². The first-order valence-corrected chi connectivity index (χ1v) is 34.6. The molecule has 0 saturated carbocycles. The van der Waals surface area contributed by atoms with E-state index < -0.39 is 264 Å². The molecule has 49 nitrogen and oxygen atoms in total. The number of aliphatic carboxylic acids is 2. The van der Waals surface area contributed by atoms with Crippen LogP contribution in [0.1, 0.15) is 0 Å². The molecule has 0 spiro atoms. The first-order chi connectivity index (χ1) is 43.2. The van der Waals surface area contributed by atoms with E-state index in [1.54, 1.807) is 0 Å². The van der Waals surface area contributed by atoms with Gasteiger partial charge in [0.15, 0.2) is 49.3 Å². The average molecular weight is 1730 g/mol. The van der Waals surface area contributed by atoms with Gasteiger partial charge in [0.2, 0.25) is 72.8 Å². The summed E-state index contributed by atoms with van der Waals surface area (Å²) in [6.07, 6.45) is -58.5. The Hall–Kier alpha value is 6.35. The molecule has 0 N–H and O–H groups in total. The van der Waals surface area contributed by atoms with Gasteiger partial charge in [0.05, 0.1) is 38.4 Å². The van der Waals surface area contributed by atoms with Crippen molar-refractivity contribution < 1.29 is 486 Å². The van der Waals surface area contributed by atoms with Crippen LogP contribution in [0.25, 0.3) is 0 Å². The van der Waals surface area contributed by atoms with Gasteiger partial charge in [-0.2, -0.15) is 0 Å². The molecule has 25 atom stereocenters. The van der Waals surface area contributed by atoms with Crippen LogP contribution >= 0.6 is 0 Å². The van der Waals surface area contributed by atoms with E-state index in [0.29, 0.717) is 14.2 Å². The van der Waals surface area contributed by atoms with Crippen molar-refractivity contribution in [3.05, 3.63) is 0 Å². The zero-order valence-electron chi connectivity index (χ0n) is 57.0. The Morgan fingerprint density at radius 3 is 1.00 bits per heavy atom. The number of rotatable bonds is 34. The number of methoxy groups -OCH3 is 7. The number of carbonyl (C=O) groups is 2. The van der Waals surface area contributed by atoms with Crippen LogP contribution in [-0.4, -0.2) is 332 Å². The molecule has 65 heteroatoms. The van der Waals surface area contributed by atoms with Crippen molar-refractivity contribution in [1.82, 2.24) is 0 Å². The Labute approximate surface area is 787 Å². The summed E-state index contributed by atoms with van der Waals surface area (Å²) in [5.41, 5.74) is -3.55. The third-order valence-corrected chi connectivity index (χ3v) is 17.2. The number of carboxylic acid groups (broad SMARTS) is 2. The predicted octanol–water partition coefficient (Wildman–Crippen LogP) is -40.0. The van der Waals surface area contributed by atoms with Crippen LogP contribution < -0.4 is 276 Å². The summed E-state index contributed by atoms with van der Waals surface area (Å²) in [6.45, 7) is -6.13. The van der Waals surface area contributed by atoms with Crippen molar-refractivity contribution in [3.63, 3.8) is 0 Å². The van der Waals surface area contributed by atoms with Gasteiger partial charge in [0.1, 0.15) is 104 Å². The van der Waals surface area contributed by atoms with E-state index in [-0.39, 0.29) is 266 Å². The maximum Gasteiger partial charge on any atom is 1.00 e. The minimum atomic E-state index is -6.51. The van der Waals surface area contributed by atoms with Crippen LogP contribution in [0, 0.1) is 0 Å². The van der Waals surface area contributed by atoms with Crippen LogP contribution in [0.2, 0.25) is 0 Å². The maximum atomic E-state index is 13.5. The van der Waals surface area contributed by atoms with Gasteiger partial charge in [-0.1, -0.05) is 0 Å². The van der Waals surface area contributed by atoms with E-state index in [1.807, 2.05) is 0 Å². The molecule has 7 rings (SSSR count). The van der Waals surface area contributed by atoms with Gasteiger partial charge in [-0.05, 0) is 0 Å². The minimum absolute atomic E-state index is 0. The molecule has 0 aliphatic carbocycles. The zero-order chi connectivity index (χ0) is 70.8. The molecule has 2 bridgehead atoms. The van der Waals surface area contributed by atoms with Gasteiger partial charge in [0.25, 0.3) is 0 Å². The summed E-state index contributed by atoms with van der Waals surface area (Å²) in [5.74, 6) is -4.90. The molecule has 7 fully saturated rings. The Balaban J connectivity index is -0.00000544. The Morgan fingerprint density at radius 2 is 0.660 bits per heavy atom. The van der Waals surface area contributed by atoms with Crippen LogP contribution in [-0.2, 0) is 192 Å². The summed E-state index contributed by atoms with van der Waals surface area (Å²) in [6, 6.07) is 0. The molecule has 103 heavy (non-hydrogen) atoms. The molecule has 7 aliphatic heterocycles. The molecule has 0 aromatic carbocycles. The Kier molecular flexibility index (Phi) is 54.5. The molecule has 7 heterocycles. The number of hydrogen-bond donors (Lipinski definition) is 0. The number of ether oxygens (including phenoxy) is 17. The smallest absolute Gasteiger partial charge is 0.726 e. The second kappa shape index (κ2) is 48.6. The van der Waals surface area contributed by atoms with Crippen molar-refractivity contribution in [2.45, 2.75) is 153 Å². The van der Waals surface area contributed by atoms with E-state index >= 15 is 0 Å². The standard InChI is InChI=1S/C38H62O49S7.9Na/c1-64-15-12(8-72-88(43,44)45)76-33(25(68-5)18(15)65-2)80-20-19(66-3)26(69-6)34(81-24(20)31(39)40)78-16-14(10-74-90(49,50)51)77-35(29(87-94(61,62)63)22(16)85-92(55,56)57)82-30-23(67-4)27-36(83-38(30,11-71-27)37(41)42)79-17-13(9-73-89(46,47)48)75-32(70-7)28(86-93(58,59)60)21(17)84-91(52,53)54;;;;;;;;;/h12-30,32-36H,8-11H2,1-7H3,(H,39,40)(H,41,42)(H,43,44,45)(H,46,47,48)(H,49,50,51)(H,52,53,54)(H,55,56,57)(H,58,59,60)(H,61,62,63);;;;;;;;;/q;9*+1/p-9/t12-,13-,14-,15-,16-,17-,18+,19+,20+,21+,22+,23-,24+,25-,26-,27+,28-,29-,30+,32+,33-,34-,35-,36-,38+;;;;;;;;;/m1........./s1. The first-order valence-electron chi connectivity index (χ1n) is 25.3. The van der Waals surface area contributed by atoms with Crippen LogP contribution in [0.15, 0.2) is 0 Å². The summed E-state index contributed by atoms with van der Waals surface area (Å²) >= 11 is 0. The minimum Gasteiger partial charge on any atom is -0.726 e. The van der Waals surface area contributed by atoms with E-state index in [0.717, 1.165) is 35.5 Å². The Bertz CT molecular complexity index is 3460. The molecule has 550 valence electrons. The molecule has 0 aromatic heterocycles. The molecule has 0 aromatic rings. The zero-order valence-corrected chi connectivity index (χ0v) is 80.8. The van der Waals surface area contributed by atoms with E-state index in [9.17, 15) is 111 Å².